The van der Waals surface area contributed by atoms with Crippen molar-refractivity contribution in [2.75, 3.05) is 18.0 Å². The monoisotopic (exact) mass is 286 g/mol. The average molecular weight is 286 g/mol. The lowest BCUT2D eigenvalue weighted by Crippen LogP contribution is -2.25. The number of rotatable bonds is 4. The van der Waals surface area contributed by atoms with E-state index >= 15 is 0 Å². The van der Waals surface area contributed by atoms with Crippen LogP contribution >= 0.6 is 0 Å². The molecule has 1 atom stereocenters. The van der Waals surface area contributed by atoms with Gasteiger partial charge in [-0.25, -0.2) is 0 Å². The maximum absolute atomic E-state index is 12.6. The zero-order valence-electron chi connectivity index (χ0n) is 10.3. The fourth-order valence-electron chi connectivity index (χ4n) is 2.28. The number of nitrogens with two attached hydrogens (primary N) is 1. The zero-order chi connectivity index (χ0) is 14.0. The first kappa shape index (κ1) is 13.8. The van der Waals surface area contributed by atoms with Gasteiger partial charge in [0.1, 0.15) is 0 Å². The Balaban J connectivity index is 2.03. The number of carbonyl (C=O) groups excluding carboxylic acids is 1. The molecule has 1 aromatic rings. The number of carbonyl (C=O) groups is 1. The third-order valence-electron chi connectivity index (χ3n) is 3.15. The first-order valence-electron chi connectivity index (χ1n) is 5.88. The van der Waals surface area contributed by atoms with E-state index in [1.807, 2.05) is 12.1 Å². The van der Waals surface area contributed by atoms with Gasteiger partial charge >= 0.3 is 10.2 Å². The van der Waals surface area contributed by atoms with E-state index in [1.54, 1.807) is 12.1 Å². The van der Waals surface area contributed by atoms with Gasteiger partial charge in [-0.2, -0.15) is 8.42 Å². The number of nitrogen functional groups attached to an aromatic ring is 1. The first-order chi connectivity index (χ1) is 8.85. The number of para-hydroxylation sites is 1. The summed E-state index contributed by atoms with van der Waals surface area (Å²) in [5, 5.41) is 0. The van der Waals surface area contributed by atoms with Crippen molar-refractivity contribution in [2.24, 2.45) is 5.92 Å². The Bertz CT molecular complexity index is 588. The summed E-state index contributed by atoms with van der Waals surface area (Å²) in [6, 6.07) is 7.15. The van der Waals surface area contributed by atoms with E-state index in [9.17, 15) is 17.1 Å². The molecule has 19 heavy (non-hydrogen) atoms. The van der Waals surface area contributed by atoms with Crippen molar-refractivity contribution in [1.82, 2.24) is 4.90 Å². The molecular weight excluding hydrogens is 271 g/mol. The molecule has 2 rings (SSSR count). The van der Waals surface area contributed by atoms with Crippen molar-refractivity contribution in [3.05, 3.63) is 29.8 Å². The van der Waals surface area contributed by atoms with Gasteiger partial charge in [0, 0.05) is 31.1 Å². The number of hydrogen-bond acceptors (Lipinski definition) is 4. The van der Waals surface area contributed by atoms with Crippen LogP contribution in [0.5, 0.6) is 0 Å². The second-order valence-corrected chi connectivity index (χ2v) is 6.16. The van der Waals surface area contributed by atoms with Crippen molar-refractivity contribution in [2.45, 2.75) is 13.0 Å². The van der Waals surface area contributed by atoms with Crippen molar-refractivity contribution in [3.8, 4) is 0 Å². The maximum Gasteiger partial charge on any atom is 0.302 e. The summed E-state index contributed by atoms with van der Waals surface area (Å²) in [7, 11) is -4.54. The molecule has 1 fully saturated rings. The number of hydrogen-bond donors (Lipinski definition) is 1. The average Bonchev–Trinajstić information content (AvgIpc) is 2.60. The number of benzene rings is 1. The standard InChI is InChI=1S/C12H15FN2O3S/c13-19(17,18)8-9-5-12(16)15(6-9)7-10-3-1-2-4-11(10)14/h1-4,9H,5-8,14H2. The molecular formula is C12H15FN2O3S. The molecule has 1 amide bonds. The molecule has 0 aromatic heterocycles. The normalized spacial score (nSPS) is 19.9. The van der Waals surface area contributed by atoms with Crippen LogP contribution in [0.4, 0.5) is 9.57 Å². The lowest BCUT2D eigenvalue weighted by molar-refractivity contribution is -0.128. The third-order valence-corrected chi connectivity index (χ3v) is 4.02. The van der Waals surface area contributed by atoms with E-state index < -0.39 is 21.9 Å². The van der Waals surface area contributed by atoms with Crippen LogP contribution in [0, 0.1) is 5.92 Å². The van der Waals surface area contributed by atoms with Crippen LogP contribution in [-0.4, -0.2) is 31.5 Å². The molecule has 0 radical (unpaired) electrons. The van der Waals surface area contributed by atoms with Crippen LogP contribution < -0.4 is 5.73 Å². The molecule has 1 saturated heterocycles. The van der Waals surface area contributed by atoms with E-state index in [1.165, 1.54) is 4.90 Å². The quantitative estimate of drug-likeness (QED) is 0.659. The molecule has 0 saturated carbocycles. The van der Waals surface area contributed by atoms with Gasteiger partial charge in [0.05, 0.1) is 5.75 Å². The molecule has 1 aromatic carbocycles. The number of anilines is 1. The minimum Gasteiger partial charge on any atom is -0.398 e. The lowest BCUT2D eigenvalue weighted by Gasteiger charge is -2.17. The van der Waals surface area contributed by atoms with Gasteiger partial charge in [0.15, 0.2) is 0 Å². The van der Waals surface area contributed by atoms with Crippen LogP contribution in [0.2, 0.25) is 0 Å². The minimum absolute atomic E-state index is 0.0654. The van der Waals surface area contributed by atoms with Gasteiger partial charge in [0.2, 0.25) is 5.91 Å². The summed E-state index contributed by atoms with van der Waals surface area (Å²) in [5.74, 6) is -1.25. The van der Waals surface area contributed by atoms with Gasteiger partial charge in [-0.05, 0) is 11.6 Å². The maximum atomic E-state index is 12.6. The molecule has 7 heteroatoms. The Kier molecular flexibility index (Phi) is 3.75. The molecule has 0 bridgehead atoms. The Hall–Kier alpha value is -1.63. The summed E-state index contributed by atoms with van der Waals surface area (Å²) in [5.41, 5.74) is 7.17. The SMILES string of the molecule is Nc1ccccc1CN1CC(CS(=O)(=O)F)CC1=O. The Morgan fingerprint density at radius 1 is 1.37 bits per heavy atom. The first-order valence-corrected chi connectivity index (χ1v) is 7.44. The number of halogens is 1. The number of nitrogens with zero attached hydrogens (tertiary/aromatic N) is 1. The summed E-state index contributed by atoms with van der Waals surface area (Å²) in [4.78, 5) is 13.3. The van der Waals surface area contributed by atoms with Crippen molar-refractivity contribution in [1.29, 1.82) is 0 Å². The molecule has 1 aliphatic rings. The summed E-state index contributed by atoms with van der Waals surface area (Å²) >= 11 is 0. The predicted octanol–water partition coefficient (Wildman–Crippen LogP) is 0.917. The number of likely N-dealkylation sites (tertiary alicyclic amines) is 1. The highest BCUT2D eigenvalue weighted by Gasteiger charge is 2.32. The summed E-state index contributed by atoms with van der Waals surface area (Å²) in [6.07, 6.45) is 0.0654. The third kappa shape index (κ3) is 3.66. The van der Waals surface area contributed by atoms with Gasteiger partial charge in [-0.15, -0.1) is 3.89 Å². The largest absolute Gasteiger partial charge is 0.398 e. The second kappa shape index (κ2) is 5.16. The van der Waals surface area contributed by atoms with Crippen LogP contribution in [0.3, 0.4) is 0 Å². The van der Waals surface area contributed by atoms with Gasteiger partial charge in [-0.1, -0.05) is 18.2 Å². The van der Waals surface area contributed by atoms with E-state index in [2.05, 4.69) is 0 Å². The molecule has 0 spiro atoms. The van der Waals surface area contributed by atoms with Crippen LogP contribution in [0.25, 0.3) is 0 Å². The van der Waals surface area contributed by atoms with Gasteiger partial charge in [-0.3, -0.25) is 4.79 Å². The van der Waals surface area contributed by atoms with Crippen LogP contribution in [-0.2, 0) is 21.6 Å². The van der Waals surface area contributed by atoms with Crippen LogP contribution in [0.1, 0.15) is 12.0 Å². The molecule has 104 valence electrons. The van der Waals surface area contributed by atoms with E-state index in [4.69, 9.17) is 5.73 Å². The van der Waals surface area contributed by atoms with Crippen molar-refractivity contribution in [3.63, 3.8) is 0 Å². The molecule has 5 nitrogen and oxygen atoms in total. The predicted molar refractivity (Wildman–Crippen MR) is 69.3 cm³/mol. The minimum atomic E-state index is -4.54. The Labute approximate surface area is 111 Å². The lowest BCUT2D eigenvalue weighted by atomic mass is 10.1. The zero-order valence-corrected chi connectivity index (χ0v) is 11.1. The number of amides is 1. The molecule has 1 heterocycles. The molecule has 2 N–H and O–H groups in total. The summed E-state index contributed by atoms with van der Waals surface area (Å²) < 4.78 is 33.8. The molecule has 1 aliphatic heterocycles. The van der Waals surface area contributed by atoms with E-state index in [-0.39, 0.29) is 18.9 Å². The fraction of sp³-hybridized carbons (Fsp3) is 0.417. The molecule has 1 unspecified atom stereocenters. The van der Waals surface area contributed by atoms with Gasteiger partial charge < -0.3 is 10.6 Å². The van der Waals surface area contributed by atoms with Gasteiger partial charge in [0.25, 0.3) is 0 Å². The Morgan fingerprint density at radius 2 is 2.05 bits per heavy atom. The fourth-order valence-corrected chi connectivity index (χ4v) is 3.07. The highest BCUT2D eigenvalue weighted by Crippen LogP contribution is 2.23. The highest BCUT2D eigenvalue weighted by molar-refractivity contribution is 7.86. The topological polar surface area (TPSA) is 80.5 Å². The van der Waals surface area contributed by atoms with Crippen molar-refractivity contribution < 1.29 is 17.1 Å². The van der Waals surface area contributed by atoms with E-state index in [0.717, 1.165) is 5.56 Å². The van der Waals surface area contributed by atoms with Crippen molar-refractivity contribution >= 4 is 21.8 Å². The Morgan fingerprint density at radius 3 is 2.68 bits per heavy atom. The smallest absolute Gasteiger partial charge is 0.302 e. The highest BCUT2D eigenvalue weighted by atomic mass is 32.3. The molecule has 0 aliphatic carbocycles. The van der Waals surface area contributed by atoms with E-state index in [0.29, 0.717) is 12.2 Å². The second-order valence-electron chi connectivity index (χ2n) is 4.75. The van der Waals surface area contributed by atoms with Crippen LogP contribution in [0.15, 0.2) is 24.3 Å². The summed E-state index contributed by atoms with van der Waals surface area (Å²) in [6.45, 7) is 0.574.